The predicted octanol–water partition coefficient (Wildman–Crippen LogP) is 2.34. The molecule has 2 rings (SSSR count). The van der Waals surface area contributed by atoms with Gasteiger partial charge in [-0.2, -0.15) is 0 Å². The monoisotopic (exact) mass is 270 g/mol. The van der Waals surface area contributed by atoms with Gasteiger partial charge in [0.25, 0.3) is 5.91 Å². The molecule has 1 aromatic carbocycles. The first kappa shape index (κ1) is 13.3. The van der Waals surface area contributed by atoms with E-state index in [1.54, 1.807) is 0 Å². The van der Waals surface area contributed by atoms with Gasteiger partial charge in [-0.05, 0) is 43.9 Å². The average molecular weight is 271 g/mol. The van der Waals surface area contributed by atoms with Gasteiger partial charge in [0.15, 0.2) is 0 Å². The van der Waals surface area contributed by atoms with Crippen molar-refractivity contribution in [2.24, 2.45) is 11.7 Å². The van der Waals surface area contributed by atoms with Crippen LogP contribution in [0.1, 0.15) is 30.1 Å². The molecular weight excluding hydrogens is 255 g/mol. The van der Waals surface area contributed by atoms with E-state index in [1.165, 1.54) is 18.2 Å². The molecule has 0 aliphatic heterocycles. The maximum Gasteiger partial charge on any atom is 0.254 e. The highest BCUT2D eigenvalue weighted by Crippen LogP contribution is 2.39. The Hall–Kier alpha value is -1.13. The van der Waals surface area contributed by atoms with Gasteiger partial charge in [0.2, 0.25) is 0 Å². The molecule has 1 aliphatic rings. The molecular formula is C13H16ClFN2O. The number of rotatable bonds is 4. The Labute approximate surface area is 111 Å². The summed E-state index contributed by atoms with van der Waals surface area (Å²) in [5.74, 6) is -0.657. The molecule has 1 unspecified atom stereocenters. The predicted molar refractivity (Wildman–Crippen MR) is 69.1 cm³/mol. The van der Waals surface area contributed by atoms with Gasteiger partial charge in [0, 0.05) is 11.6 Å². The van der Waals surface area contributed by atoms with Gasteiger partial charge in [-0.3, -0.25) is 4.79 Å². The summed E-state index contributed by atoms with van der Waals surface area (Å²) >= 11 is 5.77. The zero-order valence-corrected chi connectivity index (χ0v) is 10.9. The fraction of sp³-hybridized carbons (Fsp3) is 0.462. The summed E-state index contributed by atoms with van der Waals surface area (Å²) in [6, 6.07) is 3.93. The average Bonchev–Trinajstić information content (AvgIpc) is 3.16. The first-order chi connectivity index (χ1) is 8.46. The number of carbonyl (C=O) groups excluding carboxylic acids is 1. The summed E-state index contributed by atoms with van der Waals surface area (Å²) in [7, 11) is 0. The second-order valence-electron chi connectivity index (χ2n) is 4.97. The van der Waals surface area contributed by atoms with Crippen LogP contribution in [0.15, 0.2) is 18.2 Å². The first-order valence-electron chi connectivity index (χ1n) is 5.94. The SMILES string of the molecule is CC(CN)(NC(=O)c1cc(Cl)ccc1F)C1CC1. The Kier molecular flexibility index (Phi) is 3.59. The molecule has 3 N–H and O–H groups in total. The topological polar surface area (TPSA) is 55.1 Å². The number of hydrogen-bond donors (Lipinski definition) is 2. The molecule has 0 bridgehead atoms. The van der Waals surface area contributed by atoms with Crippen molar-refractivity contribution in [2.45, 2.75) is 25.3 Å². The van der Waals surface area contributed by atoms with Crippen LogP contribution in [-0.4, -0.2) is 18.0 Å². The maximum absolute atomic E-state index is 13.6. The lowest BCUT2D eigenvalue weighted by Gasteiger charge is -2.29. The third-order valence-corrected chi connectivity index (χ3v) is 3.71. The summed E-state index contributed by atoms with van der Waals surface area (Å²) in [5.41, 5.74) is 5.20. The van der Waals surface area contributed by atoms with E-state index in [0.29, 0.717) is 17.5 Å². The molecule has 1 aliphatic carbocycles. The molecule has 1 fully saturated rings. The van der Waals surface area contributed by atoms with Crippen LogP contribution in [0, 0.1) is 11.7 Å². The van der Waals surface area contributed by atoms with Crippen molar-refractivity contribution in [3.8, 4) is 0 Å². The Balaban J connectivity index is 2.18. The van der Waals surface area contributed by atoms with Crippen molar-refractivity contribution in [1.29, 1.82) is 0 Å². The van der Waals surface area contributed by atoms with Crippen LogP contribution >= 0.6 is 11.6 Å². The molecule has 1 amide bonds. The van der Waals surface area contributed by atoms with Gasteiger partial charge in [-0.15, -0.1) is 0 Å². The highest BCUT2D eigenvalue weighted by molar-refractivity contribution is 6.31. The third-order valence-electron chi connectivity index (χ3n) is 3.47. The quantitative estimate of drug-likeness (QED) is 0.882. The number of carbonyl (C=O) groups is 1. The standard InChI is InChI=1S/C13H16ClFN2O/c1-13(7-16,8-2-3-8)17-12(18)10-6-9(14)4-5-11(10)15/h4-6,8H,2-3,7,16H2,1H3,(H,17,18). The van der Waals surface area contributed by atoms with Gasteiger partial charge in [0.1, 0.15) is 5.82 Å². The number of amides is 1. The Morgan fingerprint density at radius 1 is 1.61 bits per heavy atom. The van der Waals surface area contributed by atoms with Crippen molar-refractivity contribution in [1.82, 2.24) is 5.32 Å². The van der Waals surface area contributed by atoms with Crippen LogP contribution < -0.4 is 11.1 Å². The first-order valence-corrected chi connectivity index (χ1v) is 6.32. The minimum absolute atomic E-state index is 0.0391. The van der Waals surface area contributed by atoms with Gasteiger partial charge in [0.05, 0.1) is 11.1 Å². The van der Waals surface area contributed by atoms with Crippen molar-refractivity contribution < 1.29 is 9.18 Å². The number of benzene rings is 1. The molecule has 0 heterocycles. The second-order valence-corrected chi connectivity index (χ2v) is 5.41. The molecule has 98 valence electrons. The molecule has 3 nitrogen and oxygen atoms in total. The van der Waals surface area contributed by atoms with E-state index < -0.39 is 17.3 Å². The normalized spacial score (nSPS) is 18.2. The van der Waals surface area contributed by atoms with Gasteiger partial charge in [-0.1, -0.05) is 11.6 Å². The van der Waals surface area contributed by atoms with Crippen LogP contribution in [0.25, 0.3) is 0 Å². The van der Waals surface area contributed by atoms with E-state index in [4.69, 9.17) is 17.3 Å². The molecule has 1 saturated carbocycles. The summed E-state index contributed by atoms with van der Waals surface area (Å²) in [6.45, 7) is 2.23. The van der Waals surface area contributed by atoms with Gasteiger partial charge in [-0.25, -0.2) is 4.39 Å². The minimum atomic E-state index is -0.577. The smallest absolute Gasteiger partial charge is 0.254 e. The van der Waals surface area contributed by atoms with E-state index in [1.807, 2.05) is 6.92 Å². The number of nitrogens with one attached hydrogen (secondary N) is 1. The van der Waals surface area contributed by atoms with Crippen molar-refractivity contribution >= 4 is 17.5 Å². The number of hydrogen-bond acceptors (Lipinski definition) is 2. The zero-order valence-electron chi connectivity index (χ0n) is 10.2. The van der Waals surface area contributed by atoms with Crippen molar-refractivity contribution in [3.63, 3.8) is 0 Å². The van der Waals surface area contributed by atoms with Crippen LogP contribution in [0.3, 0.4) is 0 Å². The molecule has 0 radical (unpaired) electrons. The minimum Gasteiger partial charge on any atom is -0.345 e. The molecule has 1 atom stereocenters. The summed E-state index contributed by atoms with van der Waals surface area (Å²) in [6.07, 6.45) is 2.10. The summed E-state index contributed by atoms with van der Waals surface area (Å²) < 4.78 is 13.6. The van der Waals surface area contributed by atoms with E-state index >= 15 is 0 Å². The van der Waals surface area contributed by atoms with E-state index in [9.17, 15) is 9.18 Å². The summed E-state index contributed by atoms with van der Waals surface area (Å²) in [5, 5.41) is 3.16. The lowest BCUT2D eigenvalue weighted by Crippen LogP contribution is -2.53. The number of nitrogens with two attached hydrogens (primary N) is 1. The number of halogens is 2. The lowest BCUT2D eigenvalue weighted by molar-refractivity contribution is 0.0893. The zero-order chi connectivity index (χ0) is 13.3. The second kappa shape index (κ2) is 4.86. The Bertz CT molecular complexity index is 476. The Morgan fingerprint density at radius 2 is 2.28 bits per heavy atom. The highest BCUT2D eigenvalue weighted by Gasteiger charge is 2.41. The van der Waals surface area contributed by atoms with Crippen molar-refractivity contribution in [2.75, 3.05) is 6.54 Å². The van der Waals surface area contributed by atoms with Gasteiger partial charge >= 0.3 is 0 Å². The Morgan fingerprint density at radius 3 is 2.83 bits per heavy atom. The van der Waals surface area contributed by atoms with Crippen LogP contribution in [-0.2, 0) is 0 Å². The van der Waals surface area contributed by atoms with E-state index in [-0.39, 0.29) is 5.56 Å². The van der Waals surface area contributed by atoms with Gasteiger partial charge < -0.3 is 11.1 Å². The molecule has 0 aromatic heterocycles. The van der Waals surface area contributed by atoms with Crippen LogP contribution in [0.4, 0.5) is 4.39 Å². The van der Waals surface area contributed by atoms with Crippen molar-refractivity contribution in [3.05, 3.63) is 34.6 Å². The third kappa shape index (κ3) is 2.65. The van der Waals surface area contributed by atoms with E-state index in [2.05, 4.69) is 5.32 Å². The molecule has 18 heavy (non-hydrogen) atoms. The molecule has 5 heteroatoms. The lowest BCUT2D eigenvalue weighted by atomic mass is 9.95. The molecule has 0 saturated heterocycles. The summed E-state index contributed by atoms with van der Waals surface area (Å²) in [4.78, 5) is 12.1. The largest absolute Gasteiger partial charge is 0.345 e. The molecule has 0 spiro atoms. The van der Waals surface area contributed by atoms with E-state index in [0.717, 1.165) is 12.8 Å². The van der Waals surface area contributed by atoms with Crippen LogP contribution in [0.5, 0.6) is 0 Å². The maximum atomic E-state index is 13.6. The fourth-order valence-electron chi connectivity index (χ4n) is 2.04. The fourth-order valence-corrected chi connectivity index (χ4v) is 2.21. The highest BCUT2D eigenvalue weighted by atomic mass is 35.5. The molecule has 1 aromatic rings. The van der Waals surface area contributed by atoms with Crippen LogP contribution in [0.2, 0.25) is 5.02 Å².